The quantitative estimate of drug-likeness (QED) is 0.557. The molecule has 1 aromatic carbocycles. The molecule has 0 unspecified atom stereocenters. The molecule has 1 aliphatic rings. The normalized spacial score (nSPS) is 17.2. The third-order valence-corrected chi connectivity index (χ3v) is 5.31. The zero-order valence-corrected chi connectivity index (χ0v) is 14.6. The number of para-hydroxylation sites is 1. The number of thioether (sulfide) groups is 1. The summed E-state index contributed by atoms with van der Waals surface area (Å²) in [5.74, 6) is 1.04. The van der Waals surface area contributed by atoms with E-state index in [0.717, 1.165) is 49.3 Å². The Hall–Kier alpha value is -1.87. The topological polar surface area (TPSA) is 88.6 Å². The van der Waals surface area contributed by atoms with E-state index in [-0.39, 0.29) is 0 Å². The molecule has 3 N–H and O–H groups in total. The summed E-state index contributed by atoms with van der Waals surface area (Å²) in [5.41, 5.74) is 1.93. The van der Waals surface area contributed by atoms with Gasteiger partial charge in [0.05, 0.1) is 18.8 Å². The first-order valence-electron chi connectivity index (χ1n) is 8.42. The second-order valence-electron chi connectivity index (χ2n) is 6.15. The molecule has 0 aliphatic carbocycles. The van der Waals surface area contributed by atoms with Crippen molar-refractivity contribution in [1.29, 1.82) is 0 Å². The number of hydrogen-bond acceptors (Lipinski definition) is 6. The first kappa shape index (κ1) is 16.6. The lowest BCUT2D eigenvalue weighted by Gasteiger charge is -2.25. The van der Waals surface area contributed by atoms with E-state index in [9.17, 15) is 5.11 Å². The van der Waals surface area contributed by atoms with Crippen LogP contribution in [0.1, 0.15) is 0 Å². The van der Waals surface area contributed by atoms with Crippen molar-refractivity contribution in [1.82, 2.24) is 15.2 Å². The molecule has 7 nitrogen and oxygen atoms in total. The van der Waals surface area contributed by atoms with Crippen molar-refractivity contribution in [3.05, 3.63) is 30.5 Å². The molecule has 1 saturated heterocycles. The molecule has 0 saturated carbocycles. The predicted octanol–water partition coefficient (Wildman–Crippen LogP) is 0.586. The molecule has 0 spiro atoms. The van der Waals surface area contributed by atoms with Gasteiger partial charge in [-0.1, -0.05) is 30.0 Å². The summed E-state index contributed by atoms with van der Waals surface area (Å²) in [7, 11) is 0. The molecular formula is C17H21N4O3S+. The minimum Gasteiger partial charge on any atom is -0.411 e. The van der Waals surface area contributed by atoms with Crippen LogP contribution in [-0.4, -0.2) is 65.0 Å². The van der Waals surface area contributed by atoms with Crippen LogP contribution in [0.15, 0.2) is 40.1 Å². The van der Waals surface area contributed by atoms with Gasteiger partial charge in [0, 0.05) is 22.9 Å². The number of quaternary nitrogens is 1. The second-order valence-corrected chi connectivity index (χ2v) is 7.12. The summed E-state index contributed by atoms with van der Waals surface area (Å²) in [5, 5.41) is 20.0. The van der Waals surface area contributed by atoms with Crippen molar-refractivity contribution in [2.24, 2.45) is 0 Å². The minimum absolute atomic E-state index is 0.401. The third-order valence-electron chi connectivity index (χ3n) is 4.35. The standard InChI is InChI=1S/C17H20N4O3S/c22-12(10-21-5-7-23-8-6-21)11-25-17-20-19-16(24-17)14-9-18-15-4-2-1-3-13(14)15/h1-4,9,12,18,22H,5-8,10-11H2/p+1/t12-/m1/s1. The summed E-state index contributed by atoms with van der Waals surface area (Å²) in [6, 6.07) is 7.99. The number of hydrogen-bond donors (Lipinski definition) is 3. The number of morpholine rings is 1. The number of nitrogens with zero attached hydrogens (tertiary/aromatic N) is 2. The number of aromatic amines is 1. The van der Waals surface area contributed by atoms with E-state index in [2.05, 4.69) is 15.2 Å². The summed E-state index contributed by atoms with van der Waals surface area (Å²) in [4.78, 5) is 4.58. The maximum atomic E-state index is 10.2. The van der Waals surface area contributed by atoms with Gasteiger partial charge in [-0.05, 0) is 6.07 Å². The highest BCUT2D eigenvalue weighted by Gasteiger charge is 2.20. The van der Waals surface area contributed by atoms with Gasteiger partial charge in [0.15, 0.2) is 0 Å². The summed E-state index contributed by atoms with van der Waals surface area (Å²) in [6.07, 6.45) is 1.48. The molecule has 132 valence electrons. The highest BCUT2D eigenvalue weighted by atomic mass is 32.2. The molecule has 4 rings (SSSR count). The van der Waals surface area contributed by atoms with Crippen molar-refractivity contribution in [2.45, 2.75) is 11.3 Å². The summed E-state index contributed by atoms with van der Waals surface area (Å²) < 4.78 is 11.1. The van der Waals surface area contributed by atoms with Crippen molar-refractivity contribution in [3.63, 3.8) is 0 Å². The maximum absolute atomic E-state index is 10.2. The lowest BCUT2D eigenvalue weighted by atomic mass is 10.2. The number of fused-ring (bicyclic) bond motifs is 1. The largest absolute Gasteiger partial charge is 0.411 e. The van der Waals surface area contributed by atoms with Crippen LogP contribution in [0.25, 0.3) is 22.4 Å². The number of ether oxygens (including phenoxy) is 1. The third kappa shape index (κ3) is 3.87. The molecule has 1 atom stereocenters. The number of aromatic nitrogens is 3. The van der Waals surface area contributed by atoms with Gasteiger partial charge < -0.3 is 24.1 Å². The Morgan fingerprint density at radius 1 is 1.24 bits per heavy atom. The number of rotatable bonds is 6. The van der Waals surface area contributed by atoms with Crippen LogP contribution in [0.3, 0.4) is 0 Å². The van der Waals surface area contributed by atoms with Crippen molar-refractivity contribution < 1.29 is 19.2 Å². The Morgan fingerprint density at radius 2 is 2.08 bits per heavy atom. The van der Waals surface area contributed by atoms with Crippen molar-refractivity contribution in [2.75, 3.05) is 38.6 Å². The number of nitrogens with one attached hydrogen (secondary N) is 2. The van der Waals surface area contributed by atoms with E-state index < -0.39 is 6.10 Å². The van der Waals surface area contributed by atoms with Crippen LogP contribution in [-0.2, 0) is 4.74 Å². The van der Waals surface area contributed by atoms with E-state index in [1.807, 2.05) is 30.5 Å². The minimum atomic E-state index is -0.401. The molecular weight excluding hydrogens is 340 g/mol. The van der Waals surface area contributed by atoms with Crippen LogP contribution in [0, 0.1) is 0 Å². The van der Waals surface area contributed by atoms with Crippen LogP contribution >= 0.6 is 11.8 Å². The molecule has 0 bridgehead atoms. The predicted molar refractivity (Wildman–Crippen MR) is 94.7 cm³/mol. The Kier molecular flexibility index (Phi) is 5.02. The van der Waals surface area contributed by atoms with Crippen LogP contribution in [0.5, 0.6) is 0 Å². The number of aliphatic hydroxyl groups is 1. The summed E-state index contributed by atoms with van der Waals surface area (Å²) >= 11 is 1.40. The first-order chi connectivity index (χ1) is 12.3. The molecule has 1 aliphatic heterocycles. The average molecular weight is 361 g/mol. The van der Waals surface area contributed by atoms with Gasteiger partial charge in [0.2, 0.25) is 0 Å². The Morgan fingerprint density at radius 3 is 2.96 bits per heavy atom. The number of H-pyrrole nitrogens is 1. The van der Waals surface area contributed by atoms with E-state index in [1.165, 1.54) is 16.7 Å². The molecule has 2 aromatic heterocycles. The van der Waals surface area contributed by atoms with E-state index in [4.69, 9.17) is 9.15 Å². The molecule has 8 heteroatoms. The van der Waals surface area contributed by atoms with Crippen LogP contribution in [0.4, 0.5) is 0 Å². The number of benzene rings is 1. The molecule has 0 radical (unpaired) electrons. The lowest BCUT2D eigenvalue weighted by molar-refractivity contribution is -0.910. The van der Waals surface area contributed by atoms with Gasteiger partial charge in [-0.2, -0.15) is 0 Å². The molecule has 3 heterocycles. The molecule has 1 fully saturated rings. The first-order valence-corrected chi connectivity index (χ1v) is 9.40. The lowest BCUT2D eigenvalue weighted by Crippen LogP contribution is -3.15. The van der Waals surface area contributed by atoms with E-state index >= 15 is 0 Å². The fraction of sp³-hybridized carbons (Fsp3) is 0.412. The fourth-order valence-electron chi connectivity index (χ4n) is 3.05. The van der Waals surface area contributed by atoms with Crippen LogP contribution in [0.2, 0.25) is 0 Å². The van der Waals surface area contributed by atoms with Crippen LogP contribution < -0.4 is 4.90 Å². The average Bonchev–Trinajstić information content (AvgIpc) is 3.27. The number of aliphatic hydroxyl groups excluding tert-OH is 1. The highest BCUT2D eigenvalue weighted by Crippen LogP contribution is 2.29. The van der Waals surface area contributed by atoms with E-state index in [1.54, 1.807) is 0 Å². The molecule has 25 heavy (non-hydrogen) atoms. The SMILES string of the molecule is O[C@@H](CSc1nnc(-c2c[nH]c3ccccc23)o1)C[NH+]1CCOCC1. The van der Waals surface area contributed by atoms with Crippen molar-refractivity contribution >= 4 is 22.7 Å². The highest BCUT2D eigenvalue weighted by molar-refractivity contribution is 7.99. The molecule has 0 amide bonds. The van der Waals surface area contributed by atoms with Gasteiger partial charge in [0.1, 0.15) is 25.7 Å². The van der Waals surface area contributed by atoms with Gasteiger partial charge >= 0.3 is 0 Å². The summed E-state index contributed by atoms with van der Waals surface area (Å²) in [6.45, 7) is 4.17. The molecule has 3 aromatic rings. The van der Waals surface area contributed by atoms with Gasteiger partial charge in [-0.3, -0.25) is 0 Å². The smallest absolute Gasteiger partial charge is 0.276 e. The Balaban J connectivity index is 1.36. The van der Waals surface area contributed by atoms with Gasteiger partial charge in [-0.25, -0.2) is 0 Å². The monoisotopic (exact) mass is 361 g/mol. The second kappa shape index (κ2) is 7.57. The zero-order valence-electron chi connectivity index (χ0n) is 13.8. The van der Waals surface area contributed by atoms with E-state index in [0.29, 0.717) is 16.9 Å². The Bertz CT molecular complexity index is 828. The Labute approximate surface area is 149 Å². The fourth-order valence-corrected chi connectivity index (χ4v) is 3.74. The van der Waals surface area contributed by atoms with Gasteiger partial charge in [-0.15, -0.1) is 10.2 Å². The van der Waals surface area contributed by atoms with Crippen molar-refractivity contribution in [3.8, 4) is 11.5 Å². The zero-order chi connectivity index (χ0) is 17.1. The van der Waals surface area contributed by atoms with Gasteiger partial charge in [0.25, 0.3) is 11.1 Å². The maximum Gasteiger partial charge on any atom is 0.276 e.